The molecular weight excluding hydrogens is 332 g/mol. The van der Waals surface area contributed by atoms with E-state index in [1.165, 1.54) is 12.1 Å². The SMILES string of the molecule is COc1ccc(Cl)cc1N1CC[C@H](NC(=O)c2ccc(=O)[nH]n2)C1. The van der Waals surface area contributed by atoms with Crippen LogP contribution in [-0.4, -0.2) is 42.3 Å². The molecule has 0 aliphatic carbocycles. The summed E-state index contributed by atoms with van der Waals surface area (Å²) < 4.78 is 5.38. The van der Waals surface area contributed by atoms with Crippen LogP contribution in [0.4, 0.5) is 5.69 Å². The highest BCUT2D eigenvalue weighted by Crippen LogP contribution is 2.33. The molecule has 0 bridgehead atoms. The predicted molar refractivity (Wildman–Crippen MR) is 90.9 cm³/mol. The van der Waals surface area contributed by atoms with Gasteiger partial charge in [-0.2, -0.15) is 5.10 Å². The van der Waals surface area contributed by atoms with E-state index >= 15 is 0 Å². The first-order valence-electron chi connectivity index (χ1n) is 7.52. The quantitative estimate of drug-likeness (QED) is 0.873. The second kappa shape index (κ2) is 6.92. The van der Waals surface area contributed by atoms with E-state index in [1.54, 1.807) is 13.2 Å². The Kier molecular flexibility index (Phi) is 4.71. The molecule has 0 spiro atoms. The zero-order valence-electron chi connectivity index (χ0n) is 13.1. The highest BCUT2D eigenvalue weighted by Gasteiger charge is 2.26. The lowest BCUT2D eigenvalue weighted by Crippen LogP contribution is -2.37. The Labute approximate surface area is 143 Å². The molecule has 1 aliphatic rings. The molecule has 3 rings (SSSR count). The number of methoxy groups -OCH3 is 1. The second-order valence-electron chi connectivity index (χ2n) is 5.53. The van der Waals surface area contributed by atoms with Crippen LogP contribution in [0.15, 0.2) is 35.1 Å². The summed E-state index contributed by atoms with van der Waals surface area (Å²) >= 11 is 6.08. The molecule has 1 amide bonds. The normalized spacial score (nSPS) is 16.9. The van der Waals surface area contributed by atoms with Crippen LogP contribution in [0.3, 0.4) is 0 Å². The van der Waals surface area contributed by atoms with Gasteiger partial charge in [0.25, 0.3) is 11.5 Å². The zero-order valence-corrected chi connectivity index (χ0v) is 13.8. The third kappa shape index (κ3) is 3.51. The molecule has 1 aliphatic heterocycles. The van der Waals surface area contributed by atoms with Gasteiger partial charge in [0.15, 0.2) is 0 Å². The average molecular weight is 349 g/mol. The van der Waals surface area contributed by atoms with Crippen molar-refractivity contribution in [3.05, 3.63) is 51.4 Å². The number of H-pyrrole nitrogens is 1. The summed E-state index contributed by atoms with van der Waals surface area (Å²) in [6.07, 6.45) is 0.796. The van der Waals surface area contributed by atoms with Gasteiger partial charge in [-0.1, -0.05) is 11.6 Å². The maximum atomic E-state index is 12.2. The summed E-state index contributed by atoms with van der Waals surface area (Å²) in [7, 11) is 1.61. The van der Waals surface area contributed by atoms with Gasteiger partial charge in [-0.25, -0.2) is 5.10 Å². The van der Waals surface area contributed by atoms with Crippen molar-refractivity contribution in [1.82, 2.24) is 15.5 Å². The number of hydrogen-bond donors (Lipinski definition) is 2. The van der Waals surface area contributed by atoms with Crippen LogP contribution in [0.25, 0.3) is 0 Å². The topological polar surface area (TPSA) is 87.3 Å². The molecule has 0 unspecified atom stereocenters. The van der Waals surface area contributed by atoms with E-state index in [1.807, 2.05) is 12.1 Å². The van der Waals surface area contributed by atoms with E-state index in [0.29, 0.717) is 11.6 Å². The molecule has 1 fully saturated rings. The second-order valence-corrected chi connectivity index (χ2v) is 5.96. The fraction of sp³-hybridized carbons (Fsp3) is 0.312. The van der Waals surface area contributed by atoms with Gasteiger partial charge in [-0.3, -0.25) is 9.59 Å². The number of aromatic amines is 1. The summed E-state index contributed by atoms with van der Waals surface area (Å²) in [6, 6.07) is 8.12. The molecule has 2 aromatic rings. The number of benzene rings is 1. The zero-order chi connectivity index (χ0) is 17.1. The molecule has 0 saturated carbocycles. The van der Waals surface area contributed by atoms with Crippen LogP contribution in [0.2, 0.25) is 5.02 Å². The van der Waals surface area contributed by atoms with Crippen LogP contribution in [0.1, 0.15) is 16.9 Å². The number of nitrogens with zero attached hydrogens (tertiary/aromatic N) is 2. The summed E-state index contributed by atoms with van der Waals surface area (Å²) in [6.45, 7) is 1.42. The Bertz CT molecular complexity index is 788. The number of carbonyl (C=O) groups is 1. The molecule has 126 valence electrons. The molecule has 1 saturated heterocycles. The molecule has 1 aromatic heterocycles. The Balaban J connectivity index is 1.67. The predicted octanol–water partition coefficient (Wildman–Crippen LogP) is 1.44. The van der Waals surface area contributed by atoms with E-state index in [4.69, 9.17) is 16.3 Å². The van der Waals surface area contributed by atoms with Crippen LogP contribution < -0.4 is 20.5 Å². The number of anilines is 1. The lowest BCUT2D eigenvalue weighted by Gasteiger charge is -2.21. The molecule has 8 heteroatoms. The first-order valence-corrected chi connectivity index (χ1v) is 7.89. The monoisotopic (exact) mass is 348 g/mol. The number of carbonyl (C=O) groups excluding carboxylic acids is 1. The number of ether oxygens (including phenoxy) is 1. The molecule has 2 N–H and O–H groups in total. The van der Waals surface area contributed by atoms with E-state index in [2.05, 4.69) is 20.4 Å². The van der Waals surface area contributed by atoms with Gasteiger partial charge in [-0.15, -0.1) is 0 Å². The fourth-order valence-electron chi connectivity index (χ4n) is 2.74. The van der Waals surface area contributed by atoms with Gasteiger partial charge in [-0.05, 0) is 30.7 Å². The average Bonchev–Trinajstić information content (AvgIpc) is 3.03. The highest BCUT2D eigenvalue weighted by molar-refractivity contribution is 6.30. The standard InChI is InChI=1S/C16H17ClN4O3/c1-24-14-4-2-10(17)8-13(14)21-7-6-11(9-21)18-16(23)12-3-5-15(22)20-19-12/h2-5,8,11H,6-7,9H2,1H3,(H,18,23)(H,20,22)/t11-/m0/s1. The lowest BCUT2D eigenvalue weighted by molar-refractivity contribution is 0.0934. The Morgan fingerprint density at radius 2 is 2.25 bits per heavy atom. The van der Waals surface area contributed by atoms with Crippen molar-refractivity contribution >= 4 is 23.2 Å². The maximum Gasteiger partial charge on any atom is 0.271 e. The van der Waals surface area contributed by atoms with E-state index < -0.39 is 0 Å². The largest absolute Gasteiger partial charge is 0.495 e. The van der Waals surface area contributed by atoms with Crippen LogP contribution >= 0.6 is 11.6 Å². The van der Waals surface area contributed by atoms with Crippen LogP contribution in [0, 0.1) is 0 Å². The smallest absolute Gasteiger partial charge is 0.271 e. The Morgan fingerprint density at radius 3 is 2.96 bits per heavy atom. The number of nitrogens with one attached hydrogen (secondary N) is 2. The van der Waals surface area contributed by atoms with Crippen molar-refractivity contribution in [3.63, 3.8) is 0 Å². The number of hydrogen-bond acceptors (Lipinski definition) is 5. The summed E-state index contributed by atoms with van der Waals surface area (Å²) in [5, 5.41) is 9.55. The third-order valence-corrected chi connectivity index (χ3v) is 4.15. The third-order valence-electron chi connectivity index (χ3n) is 3.92. The van der Waals surface area contributed by atoms with Crippen molar-refractivity contribution in [2.75, 3.05) is 25.1 Å². The summed E-state index contributed by atoms with van der Waals surface area (Å²) in [5.74, 6) is 0.435. The van der Waals surface area contributed by atoms with Crippen molar-refractivity contribution in [2.45, 2.75) is 12.5 Å². The molecule has 1 aromatic carbocycles. The van der Waals surface area contributed by atoms with Gasteiger partial charge in [0, 0.05) is 30.2 Å². The number of amides is 1. The number of halogens is 1. The van der Waals surface area contributed by atoms with Crippen molar-refractivity contribution in [3.8, 4) is 5.75 Å². The lowest BCUT2D eigenvalue weighted by atomic mass is 10.2. The van der Waals surface area contributed by atoms with Gasteiger partial charge in [0.2, 0.25) is 0 Å². The molecule has 24 heavy (non-hydrogen) atoms. The first kappa shape index (κ1) is 16.3. The van der Waals surface area contributed by atoms with Gasteiger partial charge in [0.05, 0.1) is 12.8 Å². The van der Waals surface area contributed by atoms with Gasteiger partial charge >= 0.3 is 0 Å². The van der Waals surface area contributed by atoms with E-state index in [9.17, 15) is 9.59 Å². The molecule has 7 nitrogen and oxygen atoms in total. The van der Waals surface area contributed by atoms with E-state index in [-0.39, 0.29) is 23.2 Å². The summed E-state index contributed by atoms with van der Waals surface area (Å²) in [5.41, 5.74) is 0.754. The molecule has 2 heterocycles. The van der Waals surface area contributed by atoms with Crippen LogP contribution in [0.5, 0.6) is 5.75 Å². The van der Waals surface area contributed by atoms with E-state index in [0.717, 1.165) is 24.4 Å². The molecule has 0 radical (unpaired) electrons. The number of rotatable bonds is 4. The minimum absolute atomic E-state index is 0.0186. The summed E-state index contributed by atoms with van der Waals surface area (Å²) in [4.78, 5) is 25.3. The fourth-order valence-corrected chi connectivity index (χ4v) is 2.90. The number of aromatic nitrogens is 2. The Hall–Kier alpha value is -2.54. The van der Waals surface area contributed by atoms with Crippen LogP contribution in [-0.2, 0) is 0 Å². The minimum atomic E-state index is -0.341. The van der Waals surface area contributed by atoms with Crippen molar-refractivity contribution < 1.29 is 9.53 Å². The first-order chi connectivity index (χ1) is 11.6. The van der Waals surface area contributed by atoms with Gasteiger partial charge in [0.1, 0.15) is 11.4 Å². The highest BCUT2D eigenvalue weighted by atomic mass is 35.5. The maximum absolute atomic E-state index is 12.2. The molecular formula is C16H17ClN4O3. The minimum Gasteiger partial charge on any atom is -0.495 e. The van der Waals surface area contributed by atoms with Gasteiger partial charge < -0.3 is 15.0 Å². The van der Waals surface area contributed by atoms with Crippen molar-refractivity contribution in [2.24, 2.45) is 0 Å². The van der Waals surface area contributed by atoms with Crippen molar-refractivity contribution in [1.29, 1.82) is 0 Å². The molecule has 1 atom stereocenters. The Morgan fingerprint density at radius 1 is 1.42 bits per heavy atom.